The first-order valence-electron chi connectivity index (χ1n) is 15.5. The Labute approximate surface area is 284 Å². The van der Waals surface area contributed by atoms with Crippen molar-refractivity contribution in [3.63, 3.8) is 0 Å². The molecule has 2 heterocycles. The largest absolute Gasteiger partial charge is 0.491 e. The van der Waals surface area contributed by atoms with Gasteiger partial charge in [-0.2, -0.15) is 0 Å². The van der Waals surface area contributed by atoms with Crippen LogP contribution < -0.4 is 0 Å². The van der Waals surface area contributed by atoms with E-state index in [4.69, 9.17) is 0 Å². The molecule has 11 heteroatoms. The standard InChI is InChI=1S/C39H29BF8N2/c1-17-11-19(3)30(20(4)12-17)26-7-8-27(49-26)33(29-10-9-28(50(29)40-48)31-21(5)13-18(2)14-22(31)6)34-38(46)36(44)32(37(45)39(34)47)23-15-24(41)35(43)25(42)16-23/h7-16,49H,1-6H3/b33-29+. The summed E-state index contributed by atoms with van der Waals surface area (Å²) in [5, 5.41) is 0. The lowest BCUT2D eigenvalue weighted by Gasteiger charge is -2.19. The Morgan fingerprint density at radius 1 is 0.580 bits per heavy atom. The van der Waals surface area contributed by atoms with Crippen LogP contribution in [-0.4, -0.2) is 22.9 Å². The smallest absolute Gasteiger partial charge is 0.300 e. The molecule has 0 bridgehead atoms. The molecule has 0 atom stereocenters. The van der Waals surface area contributed by atoms with Gasteiger partial charge in [0.2, 0.25) is 0 Å². The van der Waals surface area contributed by atoms with Gasteiger partial charge in [0.05, 0.1) is 22.4 Å². The van der Waals surface area contributed by atoms with Gasteiger partial charge in [0.25, 0.3) is 0 Å². The third kappa shape index (κ3) is 5.68. The Bertz CT molecular complexity index is 2250. The van der Waals surface area contributed by atoms with Crippen LogP contribution in [0, 0.1) is 82.3 Å². The van der Waals surface area contributed by atoms with Gasteiger partial charge in [-0.05, 0) is 93.6 Å². The number of nitrogens with zero attached hydrogens (tertiary/aromatic N) is 1. The highest BCUT2D eigenvalue weighted by atomic mass is 19.2. The maximum absolute atomic E-state index is 16.3. The predicted molar refractivity (Wildman–Crippen MR) is 179 cm³/mol. The molecule has 0 saturated heterocycles. The van der Waals surface area contributed by atoms with E-state index in [-0.39, 0.29) is 31.2 Å². The summed E-state index contributed by atoms with van der Waals surface area (Å²) in [4.78, 5) is 3.11. The van der Waals surface area contributed by atoms with Crippen LogP contribution in [0.25, 0.3) is 28.0 Å². The molecule has 1 N–H and O–H groups in total. The van der Waals surface area contributed by atoms with E-state index < -0.39 is 63.0 Å². The fourth-order valence-corrected chi connectivity index (χ4v) is 7.04. The third-order valence-electron chi connectivity index (χ3n) is 8.89. The van der Waals surface area contributed by atoms with E-state index in [0.717, 1.165) is 43.4 Å². The number of hydrogen-bond acceptors (Lipinski definition) is 0. The van der Waals surface area contributed by atoms with Crippen LogP contribution in [-0.2, 0) is 0 Å². The summed E-state index contributed by atoms with van der Waals surface area (Å²) >= 11 is 0. The van der Waals surface area contributed by atoms with Crippen molar-refractivity contribution in [1.29, 1.82) is 0 Å². The number of aryl methyl sites for hydroxylation is 6. The fraction of sp³-hybridized carbons (Fsp3) is 0.154. The van der Waals surface area contributed by atoms with Crippen molar-refractivity contribution >= 4 is 19.0 Å². The van der Waals surface area contributed by atoms with Crippen molar-refractivity contribution in [2.45, 2.75) is 41.5 Å². The monoisotopic (exact) mass is 688 g/mol. The normalized spacial score (nSPS) is 14.0. The molecule has 1 aliphatic rings. The molecule has 4 aromatic carbocycles. The first kappa shape index (κ1) is 34.7. The van der Waals surface area contributed by atoms with E-state index in [2.05, 4.69) is 4.98 Å². The summed E-state index contributed by atoms with van der Waals surface area (Å²) in [6, 6.07) is 11.2. The molecule has 1 aliphatic heterocycles. The molecule has 50 heavy (non-hydrogen) atoms. The molecular weight excluding hydrogens is 659 g/mol. The Morgan fingerprint density at radius 3 is 1.58 bits per heavy atom. The van der Waals surface area contributed by atoms with Crippen molar-refractivity contribution in [1.82, 2.24) is 4.98 Å². The third-order valence-corrected chi connectivity index (χ3v) is 8.89. The van der Waals surface area contributed by atoms with E-state index >= 15 is 21.9 Å². The van der Waals surface area contributed by atoms with E-state index in [0.29, 0.717) is 17.0 Å². The number of aromatic nitrogens is 1. The van der Waals surface area contributed by atoms with Crippen LogP contribution in [0.1, 0.15) is 50.2 Å². The van der Waals surface area contributed by atoms with Gasteiger partial charge in [0, 0.05) is 29.0 Å². The van der Waals surface area contributed by atoms with Gasteiger partial charge in [-0.15, -0.1) is 0 Å². The molecule has 254 valence electrons. The molecule has 2 radical (unpaired) electrons. The van der Waals surface area contributed by atoms with Gasteiger partial charge in [0.1, 0.15) is 0 Å². The number of halogens is 8. The van der Waals surface area contributed by atoms with Gasteiger partial charge in [-0.1, -0.05) is 35.4 Å². The van der Waals surface area contributed by atoms with Crippen LogP contribution >= 0.6 is 0 Å². The second-order valence-electron chi connectivity index (χ2n) is 12.5. The molecule has 0 saturated carbocycles. The molecule has 0 spiro atoms. The van der Waals surface area contributed by atoms with E-state index in [1.165, 1.54) is 18.2 Å². The molecule has 2 nitrogen and oxygen atoms in total. The Hall–Kier alpha value is -5.19. The highest BCUT2D eigenvalue weighted by Gasteiger charge is 2.34. The number of hydrogen-bond donors (Lipinski definition) is 1. The second-order valence-corrected chi connectivity index (χ2v) is 12.5. The van der Waals surface area contributed by atoms with Crippen LogP contribution in [0.4, 0.5) is 35.0 Å². The SMILES string of the molecule is Cc1cc(C)c(C2=[N+]([B-]F)/C(=C(\c3ccc(-c4c(C)cc(C)cc4C)[nH]3)c3c(F)c(F)c(-c4cc(F)c(F)c(F)c4)c(F)c3F)C=C2)c(C)c1. The molecule has 1 aromatic heterocycles. The lowest BCUT2D eigenvalue weighted by molar-refractivity contribution is -0.317. The summed E-state index contributed by atoms with van der Waals surface area (Å²) in [6.45, 7) is 11.2. The fourth-order valence-electron chi connectivity index (χ4n) is 7.04. The summed E-state index contributed by atoms with van der Waals surface area (Å²) < 4.78 is 122. The number of allylic oxidation sites excluding steroid dienone is 2. The highest BCUT2D eigenvalue weighted by Crippen LogP contribution is 2.41. The lowest BCUT2D eigenvalue weighted by atomic mass is 9.93. The molecular formula is C39H29BF8N2. The van der Waals surface area contributed by atoms with Crippen LogP contribution in [0.2, 0.25) is 0 Å². The minimum Gasteiger partial charge on any atom is -0.491 e. The number of H-pyrrole nitrogens is 1. The van der Waals surface area contributed by atoms with E-state index in [9.17, 15) is 13.2 Å². The van der Waals surface area contributed by atoms with Crippen molar-refractivity contribution in [3.8, 4) is 22.4 Å². The second kappa shape index (κ2) is 12.9. The molecule has 0 unspecified atom stereocenters. The van der Waals surface area contributed by atoms with Crippen LogP contribution in [0.3, 0.4) is 0 Å². The van der Waals surface area contributed by atoms with Gasteiger partial charge in [-0.3, -0.25) is 0 Å². The molecule has 6 rings (SSSR count). The highest BCUT2D eigenvalue weighted by molar-refractivity contribution is 6.23. The zero-order chi connectivity index (χ0) is 36.3. The van der Waals surface area contributed by atoms with Crippen molar-refractivity contribution in [2.24, 2.45) is 0 Å². The molecule has 0 amide bonds. The van der Waals surface area contributed by atoms with Gasteiger partial charge in [0.15, 0.2) is 52.1 Å². The van der Waals surface area contributed by atoms with Crippen molar-refractivity contribution in [3.05, 3.63) is 157 Å². The van der Waals surface area contributed by atoms with E-state index in [1.54, 1.807) is 6.07 Å². The topological polar surface area (TPSA) is 18.8 Å². The number of benzene rings is 4. The minimum atomic E-state index is -1.99. The Balaban J connectivity index is 1.68. The zero-order valence-corrected chi connectivity index (χ0v) is 27.8. The number of rotatable bonds is 6. The number of nitrogens with one attached hydrogen (secondary N) is 1. The van der Waals surface area contributed by atoms with Crippen LogP contribution in [0.5, 0.6) is 0 Å². The zero-order valence-electron chi connectivity index (χ0n) is 27.8. The molecule has 0 fully saturated rings. The Morgan fingerprint density at radius 2 is 1.08 bits per heavy atom. The summed E-state index contributed by atoms with van der Waals surface area (Å²) in [6.07, 6.45) is 2.89. The van der Waals surface area contributed by atoms with Crippen LogP contribution in [0.15, 0.2) is 66.4 Å². The molecule has 5 aromatic rings. The summed E-state index contributed by atoms with van der Waals surface area (Å²) in [5.74, 6) is -13.4. The predicted octanol–water partition coefficient (Wildman–Crippen LogP) is 10.5. The van der Waals surface area contributed by atoms with Crippen molar-refractivity contribution < 1.29 is 39.5 Å². The van der Waals surface area contributed by atoms with Gasteiger partial charge in [-0.25, -0.2) is 30.7 Å². The lowest BCUT2D eigenvalue weighted by Crippen LogP contribution is -2.21. The first-order chi connectivity index (χ1) is 23.6. The summed E-state index contributed by atoms with van der Waals surface area (Å²) in [5.41, 5.74) is 3.22. The molecule has 0 aliphatic carbocycles. The minimum absolute atomic E-state index is 0.0207. The van der Waals surface area contributed by atoms with Gasteiger partial charge >= 0.3 is 7.69 Å². The van der Waals surface area contributed by atoms with Crippen molar-refractivity contribution in [2.75, 3.05) is 0 Å². The van der Waals surface area contributed by atoms with Gasteiger partial charge < -0.3 is 13.8 Å². The summed E-state index contributed by atoms with van der Waals surface area (Å²) in [7, 11) is 0.183. The quantitative estimate of drug-likeness (QED) is 0.0793. The maximum Gasteiger partial charge on any atom is 0.300 e. The average molecular weight is 688 g/mol. The Kier molecular flexibility index (Phi) is 8.97. The maximum atomic E-state index is 16.3. The average Bonchev–Trinajstić information content (AvgIpc) is 3.67. The number of aromatic amines is 1. The van der Waals surface area contributed by atoms with E-state index in [1.807, 2.05) is 65.8 Å². The first-order valence-corrected chi connectivity index (χ1v) is 15.5.